The summed E-state index contributed by atoms with van der Waals surface area (Å²) in [7, 11) is 0. The highest BCUT2D eigenvalue weighted by atomic mass is 16.5. The Morgan fingerprint density at radius 3 is 2.74 bits per heavy atom. The van der Waals surface area contributed by atoms with Gasteiger partial charge in [-0.05, 0) is 61.1 Å². The number of aromatic nitrogens is 3. The summed E-state index contributed by atoms with van der Waals surface area (Å²) in [5.41, 5.74) is 5.23. The van der Waals surface area contributed by atoms with E-state index in [0.717, 1.165) is 36.3 Å². The van der Waals surface area contributed by atoms with E-state index in [1.165, 1.54) is 11.1 Å². The first-order valence-corrected chi connectivity index (χ1v) is 12.2. The Hall–Kier alpha value is -3.71. The number of aliphatic hydroxyl groups excluding tert-OH is 1. The lowest BCUT2D eigenvalue weighted by Crippen LogP contribution is -2.24. The number of hydrogen-bond donors (Lipinski definition) is 2. The Morgan fingerprint density at radius 1 is 1.06 bits per heavy atom. The summed E-state index contributed by atoms with van der Waals surface area (Å²) >= 11 is 0. The van der Waals surface area contributed by atoms with Crippen LogP contribution in [0.3, 0.4) is 0 Å². The molecule has 4 aromatic rings. The molecule has 0 spiro atoms. The van der Waals surface area contributed by atoms with Gasteiger partial charge in [0.25, 0.3) is 0 Å². The molecule has 2 aromatic carbocycles. The molecule has 2 aromatic heterocycles. The molecule has 178 valence electrons. The van der Waals surface area contributed by atoms with Gasteiger partial charge in [0, 0.05) is 24.1 Å². The van der Waals surface area contributed by atoms with Crippen LogP contribution in [0.5, 0.6) is 0 Å². The molecule has 2 N–H and O–H groups in total. The molecular weight excluding hydrogens is 440 g/mol. The smallest absolute Gasteiger partial charge is 0.338 e. The summed E-state index contributed by atoms with van der Waals surface area (Å²) in [5.74, 6) is 0.489. The van der Waals surface area contributed by atoms with E-state index in [2.05, 4.69) is 51.8 Å². The largest absolute Gasteiger partial charge is 0.458 e. The van der Waals surface area contributed by atoms with E-state index < -0.39 is 0 Å². The molecule has 35 heavy (non-hydrogen) atoms. The van der Waals surface area contributed by atoms with Crippen molar-refractivity contribution >= 4 is 17.3 Å². The Kier molecular flexibility index (Phi) is 5.70. The third-order valence-electron chi connectivity index (χ3n) is 7.48. The van der Waals surface area contributed by atoms with Crippen molar-refractivity contribution in [3.63, 3.8) is 0 Å². The summed E-state index contributed by atoms with van der Waals surface area (Å²) in [5, 5.41) is 18.2. The van der Waals surface area contributed by atoms with Gasteiger partial charge in [-0.25, -0.2) is 14.3 Å². The van der Waals surface area contributed by atoms with Gasteiger partial charge in [-0.15, -0.1) is 0 Å². The molecule has 0 amide bonds. The number of carbonyl (C=O) groups excluding carboxylic acids is 1. The number of fused-ring (bicyclic) bond motifs is 2. The number of aliphatic hydroxyl groups is 1. The van der Waals surface area contributed by atoms with Gasteiger partial charge < -0.3 is 15.2 Å². The SMILES string of the molecule is O=C(O[C@H]1C[C@H](c2ccc3c(N[C@H]4CCc5ccccc54)ncnn23)CC1CO)c1ccccc1. The number of hydrogen-bond acceptors (Lipinski definition) is 6. The van der Waals surface area contributed by atoms with Crippen LogP contribution in [0.4, 0.5) is 5.82 Å². The van der Waals surface area contributed by atoms with Crippen molar-refractivity contribution in [3.05, 3.63) is 95.4 Å². The Bertz CT molecular complexity index is 1350. The van der Waals surface area contributed by atoms with Crippen LogP contribution in [0, 0.1) is 5.92 Å². The summed E-state index contributed by atoms with van der Waals surface area (Å²) in [6.45, 7) is -0.0184. The zero-order valence-corrected chi connectivity index (χ0v) is 19.4. The molecule has 1 fully saturated rings. The van der Waals surface area contributed by atoms with Gasteiger partial charge in [0.15, 0.2) is 5.82 Å². The van der Waals surface area contributed by atoms with Crippen molar-refractivity contribution in [2.24, 2.45) is 5.92 Å². The molecule has 0 radical (unpaired) electrons. The van der Waals surface area contributed by atoms with E-state index >= 15 is 0 Å². The van der Waals surface area contributed by atoms with E-state index in [1.807, 2.05) is 22.7 Å². The van der Waals surface area contributed by atoms with Gasteiger partial charge in [0.2, 0.25) is 0 Å². The van der Waals surface area contributed by atoms with Crippen LogP contribution >= 0.6 is 0 Å². The second-order valence-corrected chi connectivity index (χ2v) is 9.52. The normalized spacial score (nSPS) is 23.3. The minimum atomic E-state index is -0.347. The maximum atomic E-state index is 12.6. The predicted octanol–water partition coefficient (Wildman–Crippen LogP) is 4.54. The molecule has 1 saturated carbocycles. The van der Waals surface area contributed by atoms with Gasteiger partial charge in [0.1, 0.15) is 17.9 Å². The van der Waals surface area contributed by atoms with Crippen molar-refractivity contribution in [2.75, 3.05) is 11.9 Å². The standard InChI is InChI=1S/C28H28N4O3/c33-16-21-14-20(15-26(21)35-28(34)19-7-2-1-3-8-19)24-12-13-25-27(29-17-30-32(24)25)31-23-11-10-18-6-4-5-9-22(18)23/h1-9,12-13,17,20-21,23,26,33H,10-11,14-16H2,(H,29,30,31)/t20-,21?,23+,26+/m1/s1. The molecule has 2 heterocycles. The van der Waals surface area contributed by atoms with E-state index in [1.54, 1.807) is 18.5 Å². The molecule has 2 aliphatic rings. The van der Waals surface area contributed by atoms with Crippen LogP contribution in [-0.4, -0.2) is 38.4 Å². The molecule has 7 nitrogen and oxygen atoms in total. The van der Waals surface area contributed by atoms with Crippen LogP contribution in [0.2, 0.25) is 0 Å². The first kappa shape index (κ1) is 21.8. The fourth-order valence-electron chi connectivity index (χ4n) is 5.69. The minimum absolute atomic E-state index is 0.0184. The Labute approximate surface area is 203 Å². The summed E-state index contributed by atoms with van der Waals surface area (Å²) in [6.07, 6.45) is 4.74. The van der Waals surface area contributed by atoms with E-state index in [9.17, 15) is 9.90 Å². The summed E-state index contributed by atoms with van der Waals surface area (Å²) < 4.78 is 7.77. The van der Waals surface area contributed by atoms with Crippen LogP contribution < -0.4 is 5.32 Å². The van der Waals surface area contributed by atoms with Gasteiger partial charge in [-0.3, -0.25) is 0 Å². The van der Waals surface area contributed by atoms with Crippen molar-refractivity contribution in [3.8, 4) is 0 Å². The van der Waals surface area contributed by atoms with E-state index in [0.29, 0.717) is 12.0 Å². The molecule has 6 rings (SSSR count). The molecule has 0 saturated heterocycles. The topological polar surface area (TPSA) is 88.8 Å². The summed E-state index contributed by atoms with van der Waals surface area (Å²) in [6, 6.07) is 21.9. The molecule has 4 atom stereocenters. The lowest BCUT2D eigenvalue weighted by Gasteiger charge is -2.18. The fourth-order valence-corrected chi connectivity index (χ4v) is 5.69. The van der Waals surface area contributed by atoms with E-state index in [4.69, 9.17) is 4.74 Å². The second-order valence-electron chi connectivity index (χ2n) is 9.52. The number of anilines is 1. The van der Waals surface area contributed by atoms with Crippen molar-refractivity contribution in [2.45, 2.75) is 43.7 Å². The average Bonchev–Trinajstić information content (AvgIpc) is 3.62. The Morgan fingerprint density at radius 2 is 1.89 bits per heavy atom. The van der Waals surface area contributed by atoms with Crippen molar-refractivity contribution in [1.29, 1.82) is 0 Å². The number of carbonyl (C=O) groups is 1. The van der Waals surface area contributed by atoms with Gasteiger partial charge in [0.05, 0.1) is 11.6 Å². The quantitative estimate of drug-likeness (QED) is 0.404. The zero-order chi connectivity index (χ0) is 23.8. The van der Waals surface area contributed by atoms with Crippen LogP contribution in [0.1, 0.15) is 58.4 Å². The van der Waals surface area contributed by atoms with Crippen molar-refractivity contribution in [1.82, 2.24) is 14.6 Å². The zero-order valence-electron chi connectivity index (χ0n) is 19.4. The number of rotatable bonds is 6. The number of benzene rings is 2. The second kappa shape index (κ2) is 9.15. The van der Waals surface area contributed by atoms with Gasteiger partial charge >= 0.3 is 5.97 Å². The fraction of sp³-hybridized carbons (Fsp3) is 0.321. The molecule has 7 heteroatoms. The summed E-state index contributed by atoms with van der Waals surface area (Å²) in [4.78, 5) is 17.2. The molecule has 0 aliphatic heterocycles. The number of nitrogens with zero attached hydrogens (tertiary/aromatic N) is 3. The number of ether oxygens (including phenoxy) is 1. The predicted molar refractivity (Wildman–Crippen MR) is 132 cm³/mol. The number of esters is 1. The van der Waals surface area contributed by atoms with Crippen molar-refractivity contribution < 1.29 is 14.6 Å². The first-order chi connectivity index (χ1) is 17.2. The number of aryl methyl sites for hydroxylation is 1. The molecule has 2 aliphatic carbocycles. The third kappa shape index (κ3) is 4.06. The highest BCUT2D eigenvalue weighted by molar-refractivity contribution is 5.89. The molecule has 1 unspecified atom stereocenters. The Balaban J connectivity index is 1.22. The average molecular weight is 469 g/mol. The maximum absolute atomic E-state index is 12.6. The van der Waals surface area contributed by atoms with Crippen LogP contribution in [0.25, 0.3) is 5.52 Å². The van der Waals surface area contributed by atoms with E-state index in [-0.39, 0.29) is 36.6 Å². The van der Waals surface area contributed by atoms with Gasteiger partial charge in [-0.1, -0.05) is 42.5 Å². The maximum Gasteiger partial charge on any atom is 0.338 e. The lowest BCUT2D eigenvalue weighted by atomic mass is 10.0. The lowest BCUT2D eigenvalue weighted by molar-refractivity contribution is 0.0129. The highest BCUT2D eigenvalue weighted by Crippen LogP contribution is 2.41. The first-order valence-electron chi connectivity index (χ1n) is 12.2. The molecular formula is C28H28N4O3. The van der Waals surface area contributed by atoms with Gasteiger partial charge in [-0.2, -0.15) is 5.10 Å². The van der Waals surface area contributed by atoms with Crippen LogP contribution in [0.15, 0.2) is 73.1 Å². The highest BCUT2D eigenvalue weighted by Gasteiger charge is 2.38. The monoisotopic (exact) mass is 468 g/mol. The van der Waals surface area contributed by atoms with Crippen LogP contribution in [-0.2, 0) is 11.2 Å². The minimum Gasteiger partial charge on any atom is -0.458 e. The number of nitrogens with one attached hydrogen (secondary N) is 1. The molecule has 0 bridgehead atoms. The third-order valence-corrected chi connectivity index (χ3v) is 7.48.